The smallest absolute Gasteiger partial charge is 0.192 e. The van der Waals surface area contributed by atoms with Gasteiger partial charge in [-0.2, -0.15) is 0 Å². The highest BCUT2D eigenvalue weighted by Crippen LogP contribution is 2.31. The van der Waals surface area contributed by atoms with Crippen molar-refractivity contribution in [3.05, 3.63) is 33.8 Å². The molecule has 0 spiro atoms. The van der Waals surface area contributed by atoms with Crippen molar-refractivity contribution in [2.45, 2.75) is 32.4 Å². The second-order valence-corrected chi connectivity index (χ2v) is 5.45. The summed E-state index contributed by atoms with van der Waals surface area (Å²) in [5.41, 5.74) is 7.04. The number of guanidine groups is 1. The highest BCUT2D eigenvalue weighted by molar-refractivity contribution is 6.34. The van der Waals surface area contributed by atoms with Gasteiger partial charge in [0.05, 0.1) is 12.6 Å². The number of hydrogen-bond acceptors (Lipinski definition) is 3. The van der Waals surface area contributed by atoms with Gasteiger partial charge in [-0.05, 0) is 37.1 Å². The van der Waals surface area contributed by atoms with E-state index in [2.05, 4.69) is 23.7 Å². The first-order valence-corrected chi connectivity index (χ1v) is 6.82. The minimum absolute atomic E-state index is 0.135. The molecule has 1 aromatic rings. The molecule has 2 rings (SSSR count). The van der Waals surface area contributed by atoms with Crippen LogP contribution < -0.4 is 5.73 Å². The number of rotatable bonds is 3. The van der Waals surface area contributed by atoms with E-state index < -0.39 is 0 Å². The molecule has 1 heterocycles. The van der Waals surface area contributed by atoms with Crippen molar-refractivity contribution in [2.24, 2.45) is 10.7 Å². The number of halogens is 2. The molecule has 0 amide bonds. The fourth-order valence-corrected chi connectivity index (χ4v) is 2.82. The van der Waals surface area contributed by atoms with Gasteiger partial charge in [-0.25, -0.2) is 0 Å². The molecular formula is C13H17Cl2N3. The van der Waals surface area contributed by atoms with Crippen LogP contribution in [-0.4, -0.2) is 23.4 Å². The number of hydrogen-bond donors (Lipinski definition) is 1. The molecule has 0 fully saturated rings. The molecule has 98 valence electrons. The third kappa shape index (κ3) is 2.57. The third-order valence-corrected chi connectivity index (χ3v) is 3.80. The minimum atomic E-state index is 0.135. The highest BCUT2D eigenvalue weighted by Gasteiger charge is 2.30. The van der Waals surface area contributed by atoms with Crippen molar-refractivity contribution >= 4 is 29.2 Å². The van der Waals surface area contributed by atoms with Crippen LogP contribution in [0.25, 0.3) is 0 Å². The van der Waals surface area contributed by atoms with Gasteiger partial charge >= 0.3 is 0 Å². The van der Waals surface area contributed by atoms with Crippen molar-refractivity contribution in [3.63, 3.8) is 0 Å². The molecule has 0 saturated heterocycles. The molecule has 1 aliphatic heterocycles. The first-order valence-electron chi connectivity index (χ1n) is 6.07. The predicted octanol–water partition coefficient (Wildman–Crippen LogP) is 3.46. The van der Waals surface area contributed by atoms with Crippen molar-refractivity contribution in [3.8, 4) is 0 Å². The topological polar surface area (TPSA) is 41.6 Å². The molecule has 0 bridgehead atoms. The van der Waals surface area contributed by atoms with E-state index in [1.54, 1.807) is 6.07 Å². The Labute approximate surface area is 118 Å². The van der Waals surface area contributed by atoms with E-state index in [4.69, 9.17) is 28.9 Å². The standard InChI is InChI=1S/C13H17Cl2N3/c1-3-8(2)18-12(7-17-13(18)16)9-4-10(14)6-11(15)5-9/h4-6,8,12H,3,7H2,1-2H3,(H2,16,17). The van der Waals surface area contributed by atoms with Gasteiger partial charge in [0.25, 0.3) is 0 Å². The summed E-state index contributed by atoms with van der Waals surface area (Å²) < 4.78 is 0. The monoisotopic (exact) mass is 285 g/mol. The van der Waals surface area contributed by atoms with Crippen LogP contribution in [0.4, 0.5) is 0 Å². The van der Waals surface area contributed by atoms with Crippen LogP contribution in [-0.2, 0) is 0 Å². The molecule has 0 aliphatic carbocycles. The minimum Gasteiger partial charge on any atom is -0.370 e. The number of benzene rings is 1. The molecular weight excluding hydrogens is 269 g/mol. The summed E-state index contributed by atoms with van der Waals surface area (Å²) in [4.78, 5) is 6.48. The molecule has 1 aromatic carbocycles. The molecule has 0 radical (unpaired) electrons. The fourth-order valence-electron chi connectivity index (χ4n) is 2.27. The molecule has 5 heteroatoms. The van der Waals surface area contributed by atoms with E-state index in [9.17, 15) is 0 Å². The maximum atomic E-state index is 6.05. The lowest BCUT2D eigenvalue weighted by Gasteiger charge is -2.32. The summed E-state index contributed by atoms with van der Waals surface area (Å²) in [6, 6.07) is 6.08. The van der Waals surface area contributed by atoms with Gasteiger partial charge in [-0.3, -0.25) is 4.99 Å². The van der Waals surface area contributed by atoms with Crippen LogP contribution in [0.3, 0.4) is 0 Å². The van der Waals surface area contributed by atoms with Gasteiger partial charge in [-0.1, -0.05) is 30.1 Å². The zero-order valence-corrected chi connectivity index (χ0v) is 12.0. The summed E-state index contributed by atoms with van der Waals surface area (Å²) in [5, 5.41) is 1.29. The molecule has 2 N–H and O–H groups in total. The van der Waals surface area contributed by atoms with Gasteiger partial charge in [-0.15, -0.1) is 0 Å². The van der Waals surface area contributed by atoms with Crippen LogP contribution in [0.15, 0.2) is 23.2 Å². The zero-order valence-electron chi connectivity index (χ0n) is 10.5. The van der Waals surface area contributed by atoms with Crippen molar-refractivity contribution in [1.29, 1.82) is 0 Å². The van der Waals surface area contributed by atoms with E-state index in [1.807, 2.05) is 12.1 Å². The number of aliphatic imine (C=N–C) groups is 1. The van der Waals surface area contributed by atoms with Crippen molar-refractivity contribution in [2.75, 3.05) is 6.54 Å². The zero-order chi connectivity index (χ0) is 13.3. The molecule has 0 saturated carbocycles. The lowest BCUT2D eigenvalue weighted by Crippen LogP contribution is -2.42. The average molecular weight is 286 g/mol. The van der Waals surface area contributed by atoms with Crippen LogP contribution in [0.5, 0.6) is 0 Å². The average Bonchev–Trinajstić information content (AvgIpc) is 2.69. The Balaban J connectivity index is 2.32. The van der Waals surface area contributed by atoms with E-state index >= 15 is 0 Å². The van der Waals surface area contributed by atoms with Gasteiger partial charge in [0.1, 0.15) is 0 Å². The highest BCUT2D eigenvalue weighted by atomic mass is 35.5. The van der Waals surface area contributed by atoms with Gasteiger partial charge in [0.15, 0.2) is 5.96 Å². The summed E-state index contributed by atoms with van der Waals surface area (Å²) in [6.07, 6.45) is 1.01. The van der Waals surface area contributed by atoms with Crippen LogP contribution in [0.1, 0.15) is 31.9 Å². The van der Waals surface area contributed by atoms with E-state index in [0.717, 1.165) is 12.0 Å². The lowest BCUT2D eigenvalue weighted by atomic mass is 10.0. The first-order chi connectivity index (χ1) is 8.52. The first kappa shape index (κ1) is 13.5. The summed E-state index contributed by atoms with van der Waals surface area (Å²) in [6.45, 7) is 4.94. The second kappa shape index (κ2) is 5.37. The molecule has 0 aromatic heterocycles. The van der Waals surface area contributed by atoms with E-state index in [1.165, 1.54) is 0 Å². The third-order valence-electron chi connectivity index (χ3n) is 3.36. The SMILES string of the molecule is CCC(C)N1C(N)=NCC1c1cc(Cl)cc(Cl)c1. The second-order valence-electron chi connectivity index (χ2n) is 4.58. The van der Waals surface area contributed by atoms with Crippen LogP contribution >= 0.6 is 23.2 Å². The van der Waals surface area contributed by atoms with Crippen LogP contribution in [0, 0.1) is 0 Å². The molecule has 2 atom stereocenters. The largest absolute Gasteiger partial charge is 0.370 e. The van der Waals surface area contributed by atoms with E-state index in [-0.39, 0.29) is 6.04 Å². The lowest BCUT2D eigenvalue weighted by molar-refractivity contribution is 0.268. The maximum Gasteiger partial charge on any atom is 0.192 e. The van der Waals surface area contributed by atoms with Gasteiger partial charge in [0.2, 0.25) is 0 Å². The molecule has 3 nitrogen and oxygen atoms in total. The number of nitrogens with zero attached hydrogens (tertiary/aromatic N) is 2. The Morgan fingerprint density at radius 2 is 2.00 bits per heavy atom. The molecule has 1 aliphatic rings. The van der Waals surface area contributed by atoms with Gasteiger partial charge < -0.3 is 10.6 Å². The Kier molecular flexibility index (Phi) is 4.03. The summed E-state index contributed by atoms with van der Waals surface area (Å²) in [5.74, 6) is 0.602. The van der Waals surface area contributed by atoms with E-state index in [0.29, 0.717) is 28.6 Å². The fraction of sp³-hybridized carbons (Fsp3) is 0.462. The summed E-state index contributed by atoms with van der Waals surface area (Å²) in [7, 11) is 0. The Hall–Kier alpha value is -0.930. The van der Waals surface area contributed by atoms with Gasteiger partial charge in [0, 0.05) is 16.1 Å². The Morgan fingerprint density at radius 1 is 1.39 bits per heavy atom. The van der Waals surface area contributed by atoms with Crippen molar-refractivity contribution < 1.29 is 0 Å². The number of nitrogens with two attached hydrogens (primary N) is 1. The maximum absolute atomic E-state index is 6.05. The Bertz CT molecular complexity index is 453. The Morgan fingerprint density at radius 3 is 2.56 bits per heavy atom. The predicted molar refractivity (Wildman–Crippen MR) is 77.3 cm³/mol. The van der Waals surface area contributed by atoms with Crippen LogP contribution in [0.2, 0.25) is 10.0 Å². The molecule has 2 unspecified atom stereocenters. The van der Waals surface area contributed by atoms with Crippen molar-refractivity contribution in [1.82, 2.24) is 4.90 Å². The summed E-state index contributed by atoms with van der Waals surface area (Å²) >= 11 is 12.1. The quantitative estimate of drug-likeness (QED) is 0.924. The normalized spacial score (nSPS) is 21.0. The molecule has 18 heavy (non-hydrogen) atoms.